The maximum Gasteiger partial charge on any atom is 0.144 e. The van der Waals surface area contributed by atoms with Crippen molar-refractivity contribution in [2.45, 2.75) is 0 Å². The van der Waals surface area contributed by atoms with E-state index in [1.165, 1.54) is 0 Å². The van der Waals surface area contributed by atoms with Gasteiger partial charge in [-0.15, -0.1) is 0 Å². The number of benzene rings is 1. The lowest BCUT2D eigenvalue weighted by molar-refractivity contribution is 1.26. The number of nitrogens with zero attached hydrogens (tertiary/aromatic N) is 2. The van der Waals surface area contributed by atoms with Gasteiger partial charge in [0.1, 0.15) is 5.82 Å². The van der Waals surface area contributed by atoms with Gasteiger partial charge in [-0.1, -0.05) is 24.3 Å². The van der Waals surface area contributed by atoms with Crippen LogP contribution in [0.1, 0.15) is 0 Å². The molecular weight excluding hydrogens is 248 g/mol. The second-order valence-corrected chi connectivity index (χ2v) is 4.29. The van der Waals surface area contributed by atoms with Crippen molar-refractivity contribution in [3.63, 3.8) is 0 Å². The van der Waals surface area contributed by atoms with Crippen LogP contribution in [0.2, 0.25) is 0 Å². The number of hydrogen-bond acceptors (Lipinski definition) is 4. The fourth-order valence-electron chi connectivity index (χ4n) is 1.87. The molecule has 2 aromatic heterocycles. The van der Waals surface area contributed by atoms with Crippen LogP contribution in [-0.4, -0.2) is 9.97 Å². The normalized spacial score (nSPS) is 10.0. The number of rotatable bonds is 4. The highest BCUT2D eigenvalue weighted by Crippen LogP contribution is 2.20. The number of hydrazine groups is 1. The third-order valence-electron chi connectivity index (χ3n) is 2.86. The number of nitrogens with one attached hydrogen (secondary N) is 2. The van der Waals surface area contributed by atoms with Gasteiger partial charge >= 0.3 is 0 Å². The molecule has 0 aliphatic carbocycles. The van der Waals surface area contributed by atoms with E-state index in [1.807, 2.05) is 60.8 Å². The summed E-state index contributed by atoms with van der Waals surface area (Å²) in [6, 6.07) is 17.8. The molecule has 0 fully saturated rings. The minimum atomic E-state index is 0.759. The van der Waals surface area contributed by atoms with Crippen LogP contribution in [0.4, 0.5) is 11.5 Å². The van der Waals surface area contributed by atoms with E-state index in [2.05, 4.69) is 20.8 Å². The second-order valence-electron chi connectivity index (χ2n) is 4.29. The molecule has 4 nitrogen and oxygen atoms in total. The molecule has 0 saturated carbocycles. The molecule has 3 aromatic rings. The van der Waals surface area contributed by atoms with Crippen LogP contribution in [0.5, 0.6) is 0 Å². The van der Waals surface area contributed by atoms with Crippen LogP contribution >= 0.6 is 0 Å². The van der Waals surface area contributed by atoms with Crippen molar-refractivity contribution in [3.05, 3.63) is 73.2 Å². The summed E-state index contributed by atoms with van der Waals surface area (Å²) in [5, 5.41) is 0. The van der Waals surface area contributed by atoms with E-state index in [0.717, 1.165) is 22.6 Å². The molecule has 0 amide bonds. The third-order valence-corrected chi connectivity index (χ3v) is 2.86. The number of pyridine rings is 2. The Morgan fingerprint density at radius 3 is 2.45 bits per heavy atom. The molecule has 0 saturated heterocycles. The molecular formula is C16H14N4. The summed E-state index contributed by atoms with van der Waals surface area (Å²) in [5.41, 5.74) is 9.33. The Hall–Kier alpha value is -2.88. The summed E-state index contributed by atoms with van der Waals surface area (Å²) >= 11 is 0. The van der Waals surface area contributed by atoms with Crippen molar-refractivity contribution < 1.29 is 0 Å². The lowest BCUT2D eigenvalue weighted by atomic mass is 10.1. The smallest absolute Gasteiger partial charge is 0.144 e. The molecule has 3 rings (SSSR count). The van der Waals surface area contributed by atoms with Gasteiger partial charge in [0.05, 0.1) is 5.69 Å². The lowest BCUT2D eigenvalue weighted by Gasteiger charge is -2.09. The van der Waals surface area contributed by atoms with E-state index in [0.29, 0.717) is 0 Å². The van der Waals surface area contributed by atoms with E-state index in [1.54, 1.807) is 12.4 Å². The molecule has 2 heterocycles. The van der Waals surface area contributed by atoms with Crippen LogP contribution in [0.25, 0.3) is 11.1 Å². The first kappa shape index (κ1) is 12.2. The zero-order valence-electron chi connectivity index (χ0n) is 10.8. The first-order valence-electron chi connectivity index (χ1n) is 6.35. The monoisotopic (exact) mass is 262 g/mol. The van der Waals surface area contributed by atoms with Crippen molar-refractivity contribution in [3.8, 4) is 11.1 Å². The minimum Gasteiger partial charge on any atom is -0.300 e. The van der Waals surface area contributed by atoms with Crippen molar-refractivity contribution in [1.29, 1.82) is 0 Å². The highest BCUT2D eigenvalue weighted by Gasteiger charge is 2.00. The number of para-hydroxylation sites is 1. The standard InChI is InChI=1S/C16H14N4/c1-2-6-15(7-3-1)19-20-16-11-13(8-10-18-16)14-5-4-9-17-12-14/h1-12,19H,(H,18,20). The Morgan fingerprint density at radius 2 is 1.65 bits per heavy atom. The highest BCUT2D eigenvalue weighted by atomic mass is 15.4. The van der Waals surface area contributed by atoms with Gasteiger partial charge < -0.3 is 0 Å². The van der Waals surface area contributed by atoms with Gasteiger partial charge in [-0.2, -0.15) is 0 Å². The van der Waals surface area contributed by atoms with E-state index in [-0.39, 0.29) is 0 Å². The maximum absolute atomic E-state index is 4.29. The Bertz CT molecular complexity index is 668. The van der Waals surface area contributed by atoms with E-state index in [4.69, 9.17) is 0 Å². The SMILES string of the molecule is c1ccc(NNc2cc(-c3cccnc3)ccn2)cc1. The molecule has 0 bridgehead atoms. The van der Waals surface area contributed by atoms with Crippen molar-refractivity contribution in [1.82, 2.24) is 9.97 Å². The van der Waals surface area contributed by atoms with Crippen LogP contribution in [0.15, 0.2) is 73.2 Å². The van der Waals surface area contributed by atoms with Gasteiger partial charge in [0.25, 0.3) is 0 Å². The molecule has 1 aromatic carbocycles. The average Bonchev–Trinajstić information content (AvgIpc) is 2.55. The Kier molecular flexibility index (Phi) is 3.55. The molecule has 0 spiro atoms. The van der Waals surface area contributed by atoms with Gasteiger partial charge in [0.2, 0.25) is 0 Å². The van der Waals surface area contributed by atoms with E-state index >= 15 is 0 Å². The number of aromatic nitrogens is 2. The second kappa shape index (κ2) is 5.84. The quantitative estimate of drug-likeness (QED) is 0.705. The first-order chi connectivity index (χ1) is 9.92. The highest BCUT2D eigenvalue weighted by molar-refractivity contribution is 5.65. The summed E-state index contributed by atoms with van der Waals surface area (Å²) in [6.07, 6.45) is 5.38. The minimum absolute atomic E-state index is 0.759. The Morgan fingerprint density at radius 1 is 0.750 bits per heavy atom. The predicted molar refractivity (Wildman–Crippen MR) is 81.2 cm³/mol. The van der Waals surface area contributed by atoms with Crippen molar-refractivity contribution >= 4 is 11.5 Å². The van der Waals surface area contributed by atoms with Gasteiger partial charge in [0, 0.05) is 24.2 Å². The van der Waals surface area contributed by atoms with Crippen molar-refractivity contribution in [2.24, 2.45) is 0 Å². The number of hydrogen-bond donors (Lipinski definition) is 2. The number of anilines is 2. The average molecular weight is 262 g/mol. The maximum atomic E-state index is 4.29. The molecule has 4 heteroatoms. The summed E-state index contributed by atoms with van der Waals surface area (Å²) in [5.74, 6) is 0.759. The van der Waals surface area contributed by atoms with Crippen LogP contribution < -0.4 is 10.9 Å². The largest absolute Gasteiger partial charge is 0.300 e. The van der Waals surface area contributed by atoms with Crippen LogP contribution in [0.3, 0.4) is 0 Å². The fraction of sp³-hybridized carbons (Fsp3) is 0. The predicted octanol–water partition coefficient (Wildman–Crippen LogP) is 3.58. The molecule has 0 unspecified atom stereocenters. The van der Waals surface area contributed by atoms with Crippen molar-refractivity contribution in [2.75, 3.05) is 10.9 Å². The summed E-state index contributed by atoms with van der Waals surface area (Å²) in [4.78, 5) is 8.41. The third kappa shape index (κ3) is 2.92. The van der Waals surface area contributed by atoms with E-state index < -0.39 is 0 Å². The molecule has 20 heavy (non-hydrogen) atoms. The van der Waals surface area contributed by atoms with E-state index in [9.17, 15) is 0 Å². The fourth-order valence-corrected chi connectivity index (χ4v) is 1.87. The molecule has 0 atom stereocenters. The topological polar surface area (TPSA) is 49.8 Å². The van der Waals surface area contributed by atoms with Gasteiger partial charge in [-0.3, -0.25) is 15.8 Å². The summed E-state index contributed by atoms with van der Waals surface area (Å²) < 4.78 is 0. The summed E-state index contributed by atoms with van der Waals surface area (Å²) in [7, 11) is 0. The Balaban J connectivity index is 1.75. The summed E-state index contributed by atoms with van der Waals surface area (Å²) in [6.45, 7) is 0. The Labute approximate surface area is 117 Å². The molecule has 2 N–H and O–H groups in total. The molecule has 0 aliphatic rings. The zero-order chi connectivity index (χ0) is 13.6. The molecule has 98 valence electrons. The first-order valence-corrected chi connectivity index (χ1v) is 6.35. The van der Waals surface area contributed by atoms with Crippen LogP contribution in [0, 0.1) is 0 Å². The van der Waals surface area contributed by atoms with Gasteiger partial charge in [-0.05, 0) is 35.9 Å². The lowest BCUT2D eigenvalue weighted by Crippen LogP contribution is -2.09. The molecule has 0 radical (unpaired) electrons. The van der Waals surface area contributed by atoms with Gasteiger partial charge in [0.15, 0.2) is 0 Å². The van der Waals surface area contributed by atoms with Crippen LogP contribution in [-0.2, 0) is 0 Å². The van der Waals surface area contributed by atoms with Gasteiger partial charge in [-0.25, -0.2) is 4.98 Å². The molecule has 0 aliphatic heterocycles. The zero-order valence-corrected chi connectivity index (χ0v) is 10.8.